The van der Waals surface area contributed by atoms with E-state index in [0.29, 0.717) is 16.7 Å². The number of para-hydroxylation sites is 1. The highest BCUT2D eigenvalue weighted by atomic mass is 19.1. The lowest BCUT2D eigenvalue weighted by Crippen LogP contribution is -2.11. The van der Waals surface area contributed by atoms with Gasteiger partial charge in [0, 0.05) is 10.9 Å². The number of nitrogens with zero attached hydrogens (tertiary/aromatic N) is 1. The Balaban J connectivity index is 2.73. The Morgan fingerprint density at radius 2 is 2.16 bits per heavy atom. The molecular weight excluding hydrogens is 249 g/mol. The average Bonchev–Trinajstić information content (AvgIpc) is 2.42. The molecule has 0 fully saturated rings. The molecule has 0 aliphatic rings. The maximum atomic E-state index is 14.3. The first-order valence-electron chi connectivity index (χ1n) is 5.90. The summed E-state index contributed by atoms with van der Waals surface area (Å²) in [5, 5.41) is 0.324. The number of hydrogen-bond acceptors (Lipinski definition) is 4. The topological polar surface area (TPSA) is 48.4 Å². The van der Waals surface area contributed by atoms with Gasteiger partial charge in [0.15, 0.2) is 5.69 Å². The second-order valence-corrected chi connectivity index (χ2v) is 3.98. The van der Waals surface area contributed by atoms with Crippen LogP contribution in [0.15, 0.2) is 18.2 Å². The third kappa shape index (κ3) is 2.23. The van der Waals surface area contributed by atoms with Crippen LogP contribution in [0.2, 0.25) is 0 Å². The SMILES string of the molecule is CCOC(=O)c1nc2c(OC)cccc2c(F)c1C. The number of aromatic nitrogens is 1. The normalized spacial score (nSPS) is 10.5. The number of esters is 1. The average molecular weight is 263 g/mol. The van der Waals surface area contributed by atoms with Crippen LogP contribution in [0.5, 0.6) is 5.75 Å². The Hall–Kier alpha value is -2.17. The molecule has 100 valence electrons. The molecular formula is C14H14FNO3. The molecule has 0 N–H and O–H groups in total. The molecule has 0 aliphatic heterocycles. The Morgan fingerprint density at radius 3 is 2.79 bits per heavy atom. The van der Waals surface area contributed by atoms with Gasteiger partial charge in [-0.3, -0.25) is 0 Å². The van der Waals surface area contributed by atoms with E-state index >= 15 is 0 Å². The first-order valence-corrected chi connectivity index (χ1v) is 5.90. The van der Waals surface area contributed by atoms with Crippen LogP contribution in [0.4, 0.5) is 4.39 Å². The number of hydrogen-bond donors (Lipinski definition) is 0. The molecule has 0 amide bonds. The number of fused-ring (bicyclic) bond motifs is 1. The highest BCUT2D eigenvalue weighted by Crippen LogP contribution is 2.28. The summed E-state index contributed by atoms with van der Waals surface area (Å²) < 4.78 is 24.3. The first kappa shape index (κ1) is 13.3. The van der Waals surface area contributed by atoms with E-state index in [1.54, 1.807) is 25.1 Å². The van der Waals surface area contributed by atoms with Gasteiger partial charge in [-0.2, -0.15) is 0 Å². The van der Waals surface area contributed by atoms with Crippen LogP contribution in [0, 0.1) is 12.7 Å². The van der Waals surface area contributed by atoms with Gasteiger partial charge in [0.05, 0.1) is 13.7 Å². The number of halogens is 1. The van der Waals surface area contributed by atoms with Gasteiger partial charge in [0.25, 0.3) is 0 Å². The first-order chi connectivity index (χ1) is 9.10. The minimum atomic E-state index is -0.633. The molecule has 0 saturated heterocycles. The van der Waals surface area contributed by atoms with Gasteiger partial charge in [-0.15, -0.1) is 0 Å². The van der Waals surface area contributed by atoms with E-state index in [4.69, 9.17) is 9.47 Å². The molecule has 0 aliphatic carbocycles. The van der Waals surface area contributed by atoms with Crippen molar-refractivity contribution in [3.8, 4) is 5.75 Å². The van der Waals surface area contributed by atoms with E-state index < -0.39 is 11.8 Å². The van der Waals surface area contributed by atoms with E-state index in [1.165, 1.54) is 14.0 Å². The van der Waals surface area contributed by atoms with Crippen molar-refractivity contribution < 1.29 is 18.7 Å². The van der Waals surface area contributed by atoms with Gasteiger partial charge in [0.1, 0.15) is 17.1 Å². The molecule has 1 aromatic carbocycles. The number of rotatable bonds is 3. The molecule has 0 radical (unpaired) electrons. The predicted molar refractivity (Wildman–Crippen MR) is 68.9 cm³/mol. The molecule has 2 rings (SSSR count). The van der Waals surface area contributed by atoms with E-state index in [-0.39, 0.29) is 17.9 Å². The molecule has 0 spiro atoms. The fourth-order valence-electron chi connectivity index (χ4n) is 1.88. The van der Waals surface area contributed by atoms with Crippen LogP contribution in [0.1, 0.15) is 23.0 Å². The summed E-state index contributed by atoms with van der Waals surface area (Å²) >= 11 is 0. The Kier molecular flexibility index (Phi) is 3.64. The maximum Gasteiger partial charge on any atom is 0.357 e. The van der Waals surface area contributed by atoms with Crippen LogP contribution in [0.3, 0.4) is 0 Å². The summed E-state index contributed by atoms with van der Waals surface area (Å²) in [6.07, 6.45) is 0. The van der Waals surface area contributed by atoms with E-state index in [0.717, 1.165) is 0 Å². The van der Waals surface area contributed by atoms with Crippen molar-refractivity contribution in [3.63, 3.8) is 0 Å². The molecule has 19 heavy (non-hydrogen) atoms. The van der Waals surface area contributed by atoms with Crippen molar-refractivity contribution in [2.45, 2.75) is 13.8 Å². The summed E-state index contributed by atoms with van der Waals surface area (Å²) in [6.45, 7) is 3.41. The fraction of sp³-hybridized carbons (Fsp3) is 0.286. The molecule has 1 aromatic heterocycles. The number of ether oxygens (including phenoxy) is 2. The third-order valence-electron chi connectivity index (χ3n) is 2.83. The Labute approximate surface area is 110 Å². The predicted octanol–water partition coefficient (Wildman–Crippen LogP) is 2.87. The van der Waals surface area contributed by atoms with E-state index in [2.05, 4.69) is 4.98 Å². The van der Waals surface area contributed by atoms with Crippen LogP contribution in [-0.2, 0) is 4.74 Å². The summed E-state index contributed by atoms with van der Waals surface area (Å²) in [7, 11) is 1.47. The molecule has 4 nitrogen and oxygen atoms in total. The van der Waals surface area contributed by atoms with Gasteiger partial charge in [-0.25, -0.2) is 14.2 Å². The smallest absolute Gasteiger partial charge is 0.357 e. The van der Waals surface area contributed by atoms with Crippen LogP contribution < -0.4 is 4.74 Å². The van der Waals surface area contributed by atoms with Crippen molar-refractivity contribution in [2.75, 3.05) is 13.7 Å². The molecule has 5 heteroatoms. The van der Waals surface area contributed by atoms with Crippen LogP contribution in [-0.4, -0.2) is 24.7 Å². The Bertz CT molecular complexity index is 640. The van der Waals surface area contributed by atoms with Gasteiger partial charge < -0.3 is 9.47 Å². The molecule has 0 saturated carbocycles. The highest BCUT2D eigenvalue weighted by molar-refractivity contribution is 5.94. The summed E-state index contributed by atoms with van der Waals surface area (Å²) in [4.78, 5) is 16.0. The quantitative estimate of drug-likeness (QED) is 0.799. The van der Waals surface area contributed by atoms with Gasteiger partial charge in [-0.1, -0.05) is 6.07 Å². The van der Waals surface area contributed by atoms with E-state index in [9.17, 15) is 9.18 Å². The zero-order chi connectivity index (χ0) is 14.0. The fourth-order valence-corrected chi connectivity index (χ4v) is 1.88. The summed E-state index contributed by atoms with van der Waals surface area (Å²) in [5.74, 6) is -0.694. The summed E-state index contributed by atoms with van der Waals surface area (Å²) in [6, 6.07) is 4.94. The number of pyridine rings is 1. The van der Waals surface area contributed by atoms with Gasteiger partial charge in [0.2, 0.25) is 0 Å². The van der Waals surface area contributed by atoms with Crippen molar-refractivity contribution in [3.05, 3.63) is 35.3 Å². The number of carbonyl (C=O) groups excluding carboxylic acids is 1. The standard InChI is InChI=1S/C14H14FNO3/c1-4-19-14(17)12-8(2)11(15)9-6-5-7-10(18-3)13(9)16-12/h5-7H,4H2,1-3H3. The lowest BCUT2D eigenvalue weighted by Gasteiger charge is -2.10. The zero-order valence-electron chi connectivity index (χ0n) is 11.0. The largest absolute Gasteiger partial charge is 0.494 e. The second-order valence-electron chi connectivity index (χ2n) is 3.98. The third-order valence-corrected chi connectivity index (χ3v) is 2.83. The van der Waals surface area contributed by atoms with Crippen molar-refractivity contribution in [1.29, 1.82) is 0 Å². The van der Waals surface area contributed by atoms with E-state index in [1.807, 2.05) is 0 Å². The molecule has 2 aromatic rings. The molecule has 0 unspecified atom stereocenters. The minimum Gasteiger partial charge on any atom is -0.494 e. The van der Waals surface area contributed by atoms with Gasteiger partial charge in [-0.05, 0) is 26.0 Å². The van der Waals surface area contributed by atoms with Crippen molar-refractivity contribution >= 4 is 16.9 Å². The molecule has 0 bridgehead atoms. The highest BCUT2D eigenvalue weighted by Gasteiger charge is 2.19. The monoisotopic (exact) mass is 263 g/mol. The summed E-state index contributed by atoms with van der Waals surface area (Å²) in [5.41, 5.74) is 0.478. The maximum absolute atomic E-state index is 14.3. The van der Waals surface area contributed by atoms with Crippen molar-refractivity contribution in [1.82, 2.24) is 4.98 Å². The lowest BCUT2D eigenvalue weighted by atomic mass is 10.1. The van der Waals surface area contributed by atoms with Gasteiger partial charge >= 0.3 is 5.97 Å². The second kappa shape index (κ2) is 5.22. The number of benzene rings is 1. The van der Waals surface area contributed by atoms with Crippen LogP contribution >= 0.6 is 0 Å². The lowest BCUT2D eigenvalue weighted by molar-refractivity contribution is 0.0518. The zero-order valence-corrected chi connectivity index (χ0v) is 11.0. The Morgan fingerprint density at radius 1 is 1.42 bits per heavy atom. The number of carbonyl (C=O) groups is 1. The number of methoxy groups -OCH3 is 1. The van der Waals surface area contributed by atoms with Crippen LogP contribution in [0.25, 0.3) is 10.9 Å². The van der Waals surface area contributed by atoms with Crippen molar-refractivity contribution in [2.24, 2.45) is 0 Å². The molecule has 1 heterocycles. The molecule has 0 atom stereocenters. The minimum absolute atomic E-state index is 0.0173.